The van der Waals surface area contributed by atoms with E-state index in [4.69, 9.17) is 9.52 Å². The highest BCUT2D eigenvalue weighted by Crippen LogP contribution is 2.07. The number of nitrogens with one attached hydrogen (secondary N) is 3. The molecule has 2 aromatic heterocycles. The Morgan fingerprint density at radius 2 is 2.20 bits per heavy atom. The van der Waals surface area contributed by atoms with E-state index in [-0.39, 0.29) is 18.3 Å². The van der Waals surface area contributed by atoms with Crippen LogP contribution in [0.25, 0.3) is 0 Å². The van der Waals surface area contributed by atoms with E-state index >= 15 is 0 Å². The zero-order valence-corrected chi connectivity index (χ0v) is 10.4. The minimum atomic E-state index is -1.15. The second-order valence-electron chi connectivity index (χ2n) is 3.86. The Hall–Kier alpha value is -2.84. The molecule has 0 radical (unpaired) electrons. The fourth-order valence-electron chi connectivity index (χ4n) is 1.46. The molecule has 0 fully saturated rings. The van der Waals surface area contributed by atoms with E-state index in [9.17, 15) is 9.59 Å². The summed E-state index contributed by atoms with van der Waals surface area (Å²) >= 11 is 0. The third-order valence-corrected chi connectivity index (χ3v) is 2.41. The van der Waals surface area contributed by atoms with Crippen LogP contribution in [0.2, 0.25) is 0 Å². The van der Waals surface area contributed by atoms with Gasteiger partial charge < -0.3 is 20.2 Å². The smallest absolute Gasteiger partial charge is 0.371 e. The fourth-order valence-corrected chi connectivity index (χ4v) is 1.46. The van der Waals surface area contributed by atoms with Crippen molar-refractivity contribution in [3.8, 4) is 0 Å². The Morgan fingerprint density at radius 3 is 2.85 bits per heavy atom. The Labute approximate surface area is 113 Å². The fraction of sp³-hybridized carbons (Fsp3) is 0.273. The van der Waals surface area contributed by atoms with Gasteiger partial charge in [-0.05, 0) is 12.1 Å². The molecule has 9 heteroatoms. The molecule has 0 bridgehead atoms. The van der Waals surface area contributed by atoms with E-state index in [1.54, 1.807) is 0 Å². The number of H-pyrrole nitrogens is 1. The van der Waals surface area contributed by atoms with Crippen molar-refractivity contribution in [1.29, 1.82) is 0 Å². The minimum absolute atomic E-state index is 0.113. The molecular formula is C11H13N5O4. The summed E-state index contributed by atoms with van der Waals surface area (Å²) in [6.07, 6.45) is 1.93. The number of aromatic nitrogens is 3. The van der Waals surface area contributed by atoms with Gasteiger partial charge in [0.05, 0.1) is 6.54 Å². The highest BCUT2D eigenvalue weighted by molar-refractivity contribution is 5.84. The lowest BCUT2D eigenvalue weighted by atomic mass is 10.4. The average molecular weight is 279 g/mol. The van der Waals surface area contributed by atoms with Crippen LogP contribution in [0.3, 0.4) is 0 Å². The number of furan rings is 1. The number of hydrogen-bond acceptors (Lipinski definition) is 5. The number of aromatic carboxylic acids is 1. The summed E-state index contributed by atoms with van der Waals surface area (Å²) in [6.45, 7) is 0.515. The Balaban J connectivity index is 1.67. The van der Waals surface area contributed by atoms with Crippen LogP contribution in [0.15, 0.2) is 22.9 Å². The highest BCUT2D eigenvalue weighted by Gasteiger charge is 2.09. The number of carbonyl (C=O) groups excluding carboxylic acids is 1. The zero-order chi connectivity index (χ0) is 14.4. The van der Waals surface area contributed by atoms with Crippen LogP contribution in [0, 0.1) is 0 Å². The molecule has 4 N–H and O–H groups in total. The van der Waals surface area contributed by atoms with Crippen LogP contribution in [-0.2, 0) is 13.0 Å². The van der Waals surface area contributed by atoms with Gasteiger partial charge in [-0.2, -0.15) is 5.10 Å². The van der Waals surface area contributed by atoms with E-state index in [1.165, 1.54) is 18.5 Å². The molecule has 0 saturated carbocycles. The number of hydrogen-bond donors (Lipinski definition) is 4. The second-order valence-corrected chi connectivity index (χ2v) is 3.86. The first-order valence-corrected chi connectivity index (χ1v) is 5.83. The van der Waals surface area contributed by atoms with Gasteiger partial charge in [0, 0.05) is 13.0 Å². The van der Waals surface area contributed by atoms with Crippen LogP contribution >= 0.6 is 0 Å². The van der Waals surface area contributed by atoms with Gasteiger partial charge in [-0.25, -0.2) is 14.6 Å². The summed E-state index contributed by atoms with van der Waals surface area (Å²) < 4.78 is 4.99. The molecule has 2 amide bonds. The number of carboxylic acid groups (broad SMARTS) is 1. The van der Waals surface area contributed by atoms with E-state index in [0.717, 1.165) is 0 Å². The third kappa shape index (κ3) is 3.83. The van der Waals surface area contributed by atoms with Crippen LogP contribution in [0.5, 0.6) is 0 Å². The monoisotopic (exact) mass is 279 g/mol. The Kier molecular flexibility index (Phi) is 4.32. The lowest BCUT2D eigenvalue weighted by Crippen LogP contribution is -2.36. The van der Waals surface area contributed by atoms with Gasteiger partial charge in [-0.15, -0.1) is 0 Å². The molecular weight excluding hydrogens is 266 g/mol. The SMILES string of the molecule is O=C(NCCc1ncn[nH]1)NCc1ccc(C(=O)O)o1. The predicted molar refractivity (Wildman–Crippen MR) is 66.0 cm³/mol. The number of carboxylic acids is 1. The molecule has 2 heterocycles. The average Bonchev–Trinajstić information content (AvgIpc) is 3.07. The van der Waals surface area contributed by atoms with Crippen LogP contribution in [0.4, 0.5) is 4.79 Å². The van der Waals surface area contributed by atoms with Crippen LogP contribution in [0.1, 0.15) is 22.1 Å². The number of rotatable bonds is 6. The van der Waals surface area contributed by atoms with Crippen molar-refractivity contribution in [1.82, 2.24) is 25.8 Å². The molecule has 0 aromatic carbocycles. The summed E-state index contributed by atoms with van der Waals surface area (Å²) in [7, 11) is 0. The molecule has 9 nitrogen and oxygen atoms in total. The maximum Gasteiger partial charge on any atom is 0.371 e. The van der Waals surface area contributed by atoms with Crippen molar-refractivity contribution in [2.75, 3.05) is 6.54 Å². The minimum Gasteiger partial charge on any atom is -0.475 e. The summed E-state index contributed by atoms with van der Waals surface area (Å²) in [5, 5.41) is 20.2. The van der Waals surface area contributed by atoms with Crippen molar-refractivity contribution >= 4 is 12.0 Å². The predicted octanol–water partition coefficient (Wildman–Crippen LogP) is 0.138. The molecule has 0 spiro atoms. The van der Waals surface area contributed by atoms with E-state index in [0.29, 0.717) is 24.6 Å². The van der Waals surface area contributed by atoms with E-state index in [1.807, 2.05) is 0 Å². The molecule has 0 aliphatic carbocycles. The lowest BCUT2D eigenvalue weighted by molar-refractivity contribution is 0.0660. The molecule has 0 aliphatic heterocycles. The maximum absolute atomic E-state index is 11.5. The van der Waals surface area contributed by atoms with Gasteiger partial charge in [0.2, 0.25) is 5.76 Å². The molecule has 20 heavy (non-hydrogen) atoms. The lowest BCUT2D eigenvalue weighted by Gasteiger charge is -2.05. The molecule has 0 atom stereocenters. The summed E-state index contributed by atoms with van der Waals surface area (Å²) in [5.41, 5.74) is 0. The summed E-state index contributed by atoms with van der Waals surface area (Å²) in [4.78, 5) is 26.0. The number of nitrogens with zero attached hydrogens (tertiary/aromatic N) is 2. The topological polar surface area (TPSA) is 133 Å². The van der Waals surface area contributed by atoms with Crippen molar-refractivity contribution in [2.45, 2.75) is 13.0 Å². The van der Waals surface area contributed by atoms with Crippen molar-refractivity contribution in [2.24, 2.45) is 0 Å². The number of aromatic amines is 1. The molecule has 2 rings (SSSR count). The normalized spacial score (nSPS) is 10.2. The van der Waals surface area contributed by atoms with Crippen molar-refractivity contribution < 1.29 is 19.1 Å². The van der Waals surface area contributed by atoms with Gasteiger partial charge in [-0.1, -0.05) is 0 Å². The van der Waals surface area contributed by atoms with E-state index in [2.05, 4.69) is 25.8 Å². The van der Waals surface area contributed by atoms with Gasteiger partial charge in [0.1, 0.15) is 17.9 Å². The molecule has 0 aliphatic rings. The standard InChI is InChI=1S/C11H13N5O4/c17-10(18)8-2-1-7(20-8)5-13-11(19)12-4-3-9-14-6-15-16-9/h1-2,6H,3-5H2,(H,17,18)(H2,12,13,19)(H,14,15,16). The molecule has 0 saturated heterocycles. The van der Waals surface area contributed by atoms with E-state index < -0.39 is 5.97 Å². The number of urea groups is 1. The zero-order valence-electron chi connectivity index (χ0n) is 10.4. The first-order chi connectivity index (χ1) is 9.65. The second kappa shape index (κ2) is 6.36. The number of carbonyl (C=O) groups is 2. The Morgan fingerprint density at radius 1 is 1.35 bits per heavy atom. The maximum atomic E-state index is 11.5. The number of amides is 2. The van der Waals surface area contributed by atoms with Gasteiger partial charge in [0.15, 0.2) is 0 Å². The third-order valence-electron chi connectivity index (χ3n) is 2.41. The largest absolute Gasteiger partial charge is 0.475 e. The van der Waals surface area contributed by atoms with Crippen molar-refractivity contribution in [3.63, 3.8) is 0 Å². The molecule has 2 aromatic rings. The van der Waals surface area contributed by atoms with Crippen LogP contribution < -0.4 is 10.6 Å². The summed E-state index contributed by atoms with van der Waals surface area (Å²) in [6, 6.07) is 2.46. The van der Waals surface area contributed by atoms with Gasteiger partial charge in [0.25, 0.3) is 0 Å². The highest BCUT2D eigenvalue weighted by atomic mass is 16.4. The van der Waals surface area contributed by atoms with Crippen molar-refractivity contribution in [3.05, 3.63) is 35.8 Å². The first-order valence-electron chi connectivity index (χ1n) is 5.83. The molecule has 106 valence electrons. The van der Waals surface area contributed by atoms with Crippen LogP contribution in [-0.4, -0.2) is 38.8 Å². The van der Waals surface area contributed by atoms with Gasteiger partial charge >= 0.3 is 12.0 Å². The Bertz CT molecular complexity index is 577. The first kappa shape index (κ1) is 13.6. The van der Waals surface area contributed by atoms with Gasteiger partial charge in [-0.3, -0.25) is 5.10 Å². The molecule has 0 unspecified atom stereocenters. The quantitative estimate of drug-likeness (QED) is 0.594. The summed E-state index contributed by atoms with van der Waals surface area (Å²) in [5.74, 6) is -0.254.